The van der Waals surface area contributed by atoms with Gasteiger partial charge < -0.3 is 14.6 Å². The topological polar surface area (TPSA) is 38.7 Å². The van der Waals surface area contributed by atoms with Crippen LogP contribution < -0.4 is 4.74 Å². The molecule has 3 atom stereocenters. The Morgan fingerprint density at radius 2 is 2.22 bits per heavy atom. The van der Waals surface area contributed by atoms with E-state index in [1.165, 1.54) is 13.2 Å². The van der Waals surface area contributed by atoms with Crippen molar-refractivity contribution in [3.8, 4) is 5.75 Å². The summed E-state index contributed by atoms with van der Waals surface area (Å²) in [4.78, 5) is 0. The van der Waals surface area contributed by atoms with Crippen LogP contribution in [0.2, 0.25) is 0 Å². The van der Waals surface area contributed by atoms with Gasteiger partial charge in [0.25, 0.3) is 0 Å². The molecule has 1 heterocycles. The van der Waals surface area contributed by atoms with Gasteiger partial charge in [-0.05, 0) is 41.8 Å². The highest BCUT2D eigenvalue weighted by Gasteiger charge is 2.31. The van der Waals surface area contributed by atoms with Crippen LogP contribution in [0.15, 0.2) is 16.6 Å². The fourth-order valence-corrected chi connectivity index (χ4v) is 2.58. The largest absolute Gasteiger partial charge is 0.496 e. The van der Waals surface area contributed by atoms with E-state index in [0.717, 1.165) is 12.8 Å². The first-order chi connectivity index (χ1) is 8.52. The van der Waals surface area contributed by atoms with Crippen LogP contribution in [0.5, 0.6) is 5.75 Å². The third kappa shape index (κ3) is 2.68. The van der Waals surface area contributed by atoms with E-state index >= 15 is 0 Å². The van der Waals surface area contributed by atoms with Crippen LogP contribution in [0.1, 0.15) is 31.4 Å². The lowest BCUT2D eigenvalue weighted by Gasteiger charge is -2.21. The monoisotopic (exact) mass is 318 g/mol. The summed E-state index contributed by atoms with van der Waals surface area (Å²) in [6, 6.07) is 2.81. The standard InChI is InChI=1S/C13H16BrFO3/c1-7-3-4-11(18-7)13(16)8-5-9(14)10(15)6-12(8)17-2/h5-7,11,13,16H,3-4H2,1-2H3. The van der Waals surface area contributed by atoms with Gasteiger partial charge >= 0.3 is 0 Å². The van der Waals surface area contributed by atoms with Crippen molar-refractivity contribution in [2.24, 2.45) is 0 Å². The molecular formula is C13H16BrFO3. The molecule has 1 aliphatic heterocycles. The molecule has 0 amide bonds. The maximum atomic E-state index is 13.4. The van der Waals surface area contributed by atoms with Gasteiger partial charge in [-0.25, -0.2) is 4.39 Å². The number of ether oxygens (including phenoxy) is 2. The normalized spacial score (nSPS) is 25.2. The molecule has 0 bridgehead atoms. The average molecular weight is 319 g/mol. The van der Waals surface area contributed by atoms with Gasteiger partial charge in [-0.1, -0.05) is 0 Å². The highest BCUT2D eigenvalue weighted by Crippen LogP contribution is 2.36. The van der Waals surface area contributed by atoms with Gasteiger partial charge in [0.2, 0.25) is 0 Å². The van der Waals surface area contributed by atoms with Gasteiger partial charge in [0.05, 0.1) is 23.8 Å². The number of methoxy groups -OCH3 is 1. The molecule has 3 unspecified atom stereocenters. The molecule has 0 radical (unpaired) electrons. The van der Waals surface area contributed by atoms with Crippen molar-refractivity contribution in [3.63, 3.8) is 0 Å². The van der Waals surface area contributed by atoms with E-state index in [-0.39, 0.29) is 12.2 Å². The smallest absolute Gasteiger partial charge is 0.141 e. The Hall–Kier alpha value is -0.650. The predicted molar refractivity (Wildman–Crippen MR) is 69.2 cm³/mol. The van der Waals surface area contributed by atoms with E-state index in [9.17, 15) is 9.50 Å². The zero-order chi connectivity index (χ0) is 13.3. The Morgan fingerprint density at radius 3 is 2.78 bits per heavy atom. The molecular weight excluding hydrogens is 303 g/mol. The second-order valence-electron chi connectivity index (χ2n) is 4.52. The molecule has 1 aromatic rings. The average Bonchev–Trinajstić information content (AvgIpc) is 2.78. The van der Waals surface area contributed by atoms with Gasteiger partial charge in [-0.15, -0.1) is 0 Å². The van der Waals surface area contributed by atoms with Crippen molar-refractivity contribution in [1.82, 2.24) is 0 Å². The van der Waals surface area contributed by atoms with E-state index in [4.69, 9.17) is 9.47 Å². The van der Waals surface area contributed by atoms with Crippen LogP contribution >= 0.6 is 15.9 Å². The number of halogens is 2. The molecule has 1 N–H and O–H groups in total. The molecule has 1 fully saturated rings. The lowest BCUT2D eigenvalue weighted by molar-refractivity contribution is -0.0305. The molecule has 2 rings (SSSR count). The molecule has 18 heavy (non-hydrogen) atoms. The molecule has 0 saturated carbocycles. The number of benzene rings is 1. The summed E-state index contributed by atoms with van der Waals surface area (Å²) in [5.41, 5.74) is 0.546. The number of hydrogen-bond donors (Lipinski definition) is 1. The van der Waals surface area contributed by atoms with Crippen molar-refractivity contribution < 1.29 is 19.0 Å². The molecule has 0 aromatic heterocycles. The fourth-order valence-electron chi connectivity index (χ4n) is 2.22. The third-order valence-electron chi connectivity index (χ3n) is 3.21. The zero-order valence-corrected chi connectivity index (χ0v) is 11.9. The summed E-state index contributed by atoms with van der Waals surface area (Å²) in [5.74, 6) is -0.0742. The van der Waals surface area contributed by atoms with Gasteiger partial charge in [-0.3, -0.25) is 0 Å². The minimum absolute atomic E-state index is 0.152. The number of rotatable bonds is 3. The predicted octanol–water partition coefficient (Wildman–Crippen LogP) is 3.20. The highest BCUT2D eigenvalue weighted by molar-refractivity contribution is 9.10. The molecule has 3 nitrogen and oxygen atoms in total. The molecule has 100 valence electrons. The summed E-state index contributed by atoms with van der Waals surface area (Å²) in [5, 5.41) is 10.3. The first-order valence-corrected chi connectivity index (χ1v) is 6.68. The molecule has 0 aliphatic carbocycles. The Kier molecular flexibility index (Phi) is 4.25. The Bertz CT molecular complexity index is 438. The Morgan fingerprint density at radius 1 is 1.50 bits per heavy atom. The number of hydrogen-bond acceptors (Lipinski definition) is 3. The second kappa shape index (κ2) is 5.55. The van der Waals surface area contributed by atoms with E-state index in [0.29, 0.717) is 15.8 Å². The molecule has 0 spiro atoms. The summed E-state index contributed by atoms with van der Waals surface area (Å²) in [6.07, 6.45) is 0.806. The fraction of sp³-hybridized carbons (Fsp3) is 0.538. The van der Waals surface area contributed by atoms with Crippen molar-refractivity contribution in [2.45, 2.75) is 38.1 Å². The SMILES string of the molecule is COc1cc(F)c(Br)cc1C(O)C1CCC(C)O1. The van der Waals surface area contributed by atoms with Crippen LogP contribution in [0, 0.1) is 5.82 Å². The van der Waals surface area contributed by atoms with Crippen LogP contribution in [0.25, 0.3) is 0 Å². The maximum Gasteiger partial charge on any atom is 0.141 e. The van der Waals surface area contributed by atoms with Gasteiger partial charge in [0, 0.05) is 11.6 Å². The second-order valence-corrected chi connectivity index (χ2v) is 5.37. The van der Waals surface area contributed by atoms with Gasteiger partial charge in [0.1, 0.15) is 17.7 Å². The quantitative estimate of drug-likeness (QED) is 0.930. The van der Waals surface area contributed by atoms with Crippen molar-refractivity contribution in [3.05, 3.63) is 28.0 Å². The lowest BCUT2D eigenvalue weighted by atomic mass is 10.0. The lowest BCUT2D eigenvalue weighted by Crippen LogP contribution is -2.19. The van der Waals surface area contributed by atoms with Crippen LogP contribution in [0.3, 0.4) is 0 Å². The first-order valence-electron chi connectivity index (χ1n) is 5.89. The van der Waals surface area contributed by atoms with Crippen molar-refractivity contribution >= 4 is 15.9 Å². The Balaban J connectivity index is 2.29. The molecule has 1 saturated heterocycles. The minimum Gasteiger partial charge on any atom is -0.496 e. The van der Waals surface area contributed by atoms with Gasteiger partial charge in [-0.2, -0.15) is 0 Å². The van der Waals surface area contributed by atoms with Crippen molar-refractivity contribution in [1.29, 1.82) is 0 Å². The highest BCUT2D eigenvalue weighted by atomic mass is 79.9. The number of aliphatic hydroxyl groups excluding tert-OH is 1. The maximum absolute atomic E-state index is 13.4. The summed E-state index contributed by atoms with van der Waals surface area (Å²) >= 11 is 3.12. The van der Waals surface area contributed by atoms with E-state index in [1.54, 1.807) is 6.07 Å². The molecule has 1 aromatic carbocycles. The minimum atomic E-state index is -0.804. The third-order valence-corrected chi connectivity index (χ3v) is 3.82. The van der Waals surface area contributed by atoms with E-state index < -0.39 is 11.9 Å². The summed E-state index contributed by atoms with van der Waals surface area (Å²) in [7, 11) is 1.46. The van der Waals surface area contributed by atoms with Crippen molar-refractivity contribution in [2.75, 3.05) is 7.11 Å². The summed E-state index contributed by atoms with van der Waals surface area (Å²) in [6.45, 7) is 1.98. The van der Waals surface area contributed by atoms with Gasteiger partial charge in [0.15, 0.2) is 0 Å². The molecule has 5 heteroatoms. The number of aliphatic hydroxyl groups is 1. The summed E-state index contributed by atoms with van der Waals surface area (Å²) < 4.78 is 24.5. The van der Waals surface area contributed by atoms with Crippen LogP contribution in [-0.4, -0.2) is 24.4 Å². The first kappa shape index (κ1) is 13.8. The van der Waals surface area contributed by atoms with Crippen LogP contribution in [-0.2, 0) is 4.74 Å². The molecule has 1 aliphatic rings. The van der Waals surface area contributed by atoms with E-state index in [1.807, 2.05) is 6.92 Å². The Labute approximate surface area is 114 Å². The zero-order valence-electron chi connectivity index (χ0n) is 10.3. The van der Waals surface area contributed by atoms with Crippen LogP contribution in [0.4, 0.5) is 4.39 Å². The van der Waals surface area contributed by atoms with E-state index in [2.05, 4.69) is 15.9 Å².